The predicted octanol–water partition coefficient (Wildman–Crippen LogP) is 4.09. The zero-order valence-electron chi connectivity index (χ0n) is 14.8. The maximum atomic E-state index is 10.1. The molecule has 1 N–H and O–H groups in total. The number of aromatic hydroxyl groups is 1. The minimum atomic E-state index is 0.121. The molecule has 0 unspecified atom stereocenters. The maximum absolute atomic E-state index is 10.1. The molecule has 2 heterocycles. The summed E-state index contributed by atoms with van der Waals surface area (Å²) < 4.78 is 12.9. The van der Waals surface area contributed by atoms with Crippen molar-refractivity contribution in [3.8, 4) is 23.0 Å². The Kier molecular flexibility index (Phi) is 4.52. The second-order valence-electron chi connectivity index (χ2n) is 5.76. The van der Waals surface area contributed by atoms with Crippen LogP contribution in [0.25, 0.3) is 22.4 Å². The third-order valence-corrected chi connectivity index (χ3v) is 5.01. The highest BCUT2D eigenvalue weighted by Gasteiger charge is 2.12. The number of rotatable bonds is 4. The topological polar surface area (TPSA) is 72.2 Å². The normalized spacial score (nSPS) is 12.3. The van der Waals surface area contributed by atoms with Crippen molar-refractivity contribution in [2.45, 2.75) is 0 Å². The van der Waals surface area contributed by atoms with E-state index in [2.05, 4.69) is 10.1 Å². The summed E-state index contributed by atoms with van der Waals surface area (Å²) >= 11 is 1.46. The highest BCUT2D eigenvalue weighted by molar-refractivity contribution is 7.07. The number of benzene rings is 2. The summed E-state index contributed by atoms with van der Waals surface area (Å²) in [5.74, 6) is 1.47. The summed E-state index contributed by atoms with van der Waals surface area (Å²) in [6.07, 6.45) is 1.57. The molecule has 6 nitrogen and oxygen atoms in total. The van der Waals surface area contributed by atoms with Crippen molar-refractivity contribution in [3.05, 3.63) is 64.3 Å². The molecule has 0 aliphatic rings. The summed E-state index contributed by atoms with van der Waals surface area (Å²) in [7, 11) is 3.29. The summed E-state index contributed by atoms with van der Waals surface area (Å²) in [6, 6.07) is 14.8. The molecule has 0 bridgehead atoms. The number of thiazole rings is 1. The summed E-state index contributed by atoms with van der Waals surface area (Å²) in [6.45, 7) is 0. The van der Waals surface area contributed by atoms with E-state index in [9.17, 15) is 5.11 Å². The molecule has 7 heteroatoms. The minimum absolute atomic E-state index is 0.121. The summed E-state index contributed by atoms with van der Waals surface area (Å²) in [5, 5.41) is 17.6. The van der Waals surface area contributed by atoms with Crippen LogP contribution < -0.4 is 9.54 Å². The summed E-state index contributed by atoms with van der Waals surface area (Å²) in [4.78, 5) is 4.99. The monoisotopic (exact) mass is 379 g/mol. The number of furan rings is 1. The van der Waals surface area contributed by atoms with Crippen LogP contribution in [0.4, 0.5) is 0 Å². The molecule has 4 rings (SSSR count). The lowest BCUT2D eigenvalue weighted by molar-refractivity contribution is 0.412. The lowest BCUT2D eigenvalue weighted by Gasteiger charge is -2.04. The highest BCUT2D eigenvalue weighted by Crippen LogP contribution is 2.28. The lowest BCUT2D eigenvalue weighted by atomic mass is 10.2. The van der Waals surface area contributed by atoms with Crippen molar-refractivity contribution >= 4 is 28.5 Å². The van der Waals surface area contributed by atoms with Crippen LogP contribution in [0.2, 0.25) is 0 Å². The molecule has 0 amide bonds. The van der Waals surface area contributed by atoms with E-state index in [1.165, 1.54) is 11.3 Å². The Labute approximate surface area is 159 Å². The van der Waals surface area contributed by atoms with Gasteiger partial charge in [-0.3, -0.25) is 4.99 Å². The standard InChI is InChI=1S/C20H17N3O3S/c1-21-20-23(22-11-14-9-15(25-2)7-8-17(14)24)16(12-27-20)19-10-13-5-3-4-6-18(13)26-19/h3-12,24H,1-2H3. The maximum Gasteiger partial charge on any atom is 0.206 e. The van der Waals surface area contributed by atoms with Gasteiger partial charge in [0.1, 0.15) is 22.8 Å². The van der Waals surface area contributed by atoms with Crippen molar-refractivity contribution in [3.63, 3.8) is 0 Å². The Bertz CT molecular complexity index is 1170. The van der Waals surface area contributed by atoms with Gasteiger partial charge in [0, 0.05) is 23.4 Å². The molecule has 0 spiro atoms. The van der Waals surface area contributed by atoms with E-state index in [-0.39, 0.29) is 5.75 Å². The average molecular weight is 379 g/mol. The predicted molar refractivity (Wildman–Crippen MR) is 107 cm³/mol. The van der Waals surface area contributed by atoms with Gasteiger partial charge in [-0.2, -0.15) is 5.10 Å². The highest BCUT2D eigenvalue weighted by atomic mass is 32.1. The SMILES string of the molecule is CN=c1scc(-c2cc3ccccc3o2)n1N=Cc1cc(OC)ccc1O. The van der Waals surface area contributed by atoms with Crippen LogP contribution >= 0.6 is 11.3 Å². The molecule has 4 aromatic rings. The molecular weight excluding hydrogens is 362 g/mol. The number of para-hydroxylation sites is 1. The Morgan fingerprint density at radius 3 is 2.81 bits per heavy atom. The van der Waals surface area contributed by atoms with E-state index in [0.717, 1.165) is 16.7 Å². The number of hydrogen-bond donors (Lipinski definition) is 1. The van der Waals surface area contributed by atoms with Crippen LogP contribution in [-0.4, -0.2) is 30.2 Å². The average Bonchev–Trinajstić information content (AvgIpc) is 3.30. The van der Waals surface area contributed by atoms with Crippen LogP contribution in [0.3, 0.4) is 0 Å². The number of phenolic OH excluding ortho intramolecular Hbond substituents is 1. The van der Waals surface area contributed by atoms with Gasteiger partial charge in [-0.05, 0) is 30.3 Å². The van der Waals surface area contributed by atoms with Gasteiger partial charge >= 0.3 is 0 Å². The number of hydrogen-bond acceptors (Lipinski definition) is 6. The van der Waals surface area contributed by atoms with Crippen LogP contribution in [0.5, 0.6) is 11.5 Å². The van der Waals surface area contributed by atoms with Crippen LogP contribution in [0.1, 0.15) is 5.56 Å². The molecule has 2 aromatic carbocycles. The molecular formula is C20H17N3O3S. The number of ether oxygens (including phenoxy) is 1. The van der Waals surface area contributed by atoms with E-state index in [4.69, 9.17) is 9.15 Å². The number of methoxy groups -OCH3 is 1. The van der Waals surface area contributed by atoms with E-state index in [1.54, 1.807) is 43.2 Å². The molecule has 27 heavy (non-hydrogen) atoms. The first-order chi connectivity index (χ1) is 13.2. The number of fused-ring (bicyclic) bond motifs is 1. The third-order valence-electron chi connectivity index (χ3n) is 4.10. The van der Waals surface area contributed by atoms with Crippen molar-refractivity contribution in [1.82, 2.24) is 4.68 Å². The van der Waals surface area contributed by atoms with E-state index < -0.39 is 0 Å². The smallest absolute Gasteiger partial charge is 0.206 e. The van der Waals surface area contributed by atoms with Gasteiger partial charge in [0.25, 0.3) is 0 Å². The first kappa shape index (κ1) is 17.1. The fourth-order valence-electron chi connectivity index (χ4n) is 2.72. The van der Waals surface area contributed by atoms with Crippen molar-refractivity contribution in [2.24, 2.45) is 10.1 Å². The number of nitrogens with zero attached hydrogens (tertiary/aromatic N) is 3. The first-order valence-corrected chi connectivity index (χ1v) is 9.11. The van der Waals surface area contributed by atoms with Gasteiger partial charge < -0.3 is 14.3 Å². The second-order valence-corrected chi connectivity index (χ2v) is 6.59. The first-order valence-electron chi connectivity index (χ1n) is 8.23. The zero-order chi connectivity index (χ0) is 18.8. The van der Waals surface area contributed by atoms with E-state index >= 15 is 0 Å². The van der Waals surface area contributed by atoms with Gasteiger partial charge in [-0.25, -0.2) is 4.68 Å². The molecule has 0 saturated heterocycles. The van der Waals surface area contributed by atoms with E-state index in [1.807, 2.05) is 35.7 Å². The Morgan fingerprint density at radius 2 is 2.04 bits per heavy atom. The Hall–Kier alpha value is -3.32. The molecule has 0 atom stereocenters. The van der Waals surface area contributed by atoms with Gasteiger partial charge in [0.15, 0.2) is 5.76 Å². The molecule has 0 aliphatic heterocycles. The van der Waals surface area contributed by atoms with E-state index in [0.29, 0.717) is 21.9 Å². The fourth-order valence-corrected chi connectivity index (χ4v) is 3.51. The van der Waals surface area contributed by atoms with Crippen molar-refractivity contribution in [2.75, 3.05) is 14.2 Å². The van der Waals surface area contributed by atoms with Crippen LogP contribution in [-0.2, 0) is 0 Å². The lowest BCUT2D eigenvalue weighted by Crippen LogP contribution is -2.11. The molecule has 0 aliphatic carbocycles. The van der Waals surface area contributed by atoms with Crippen LogP contribution in [0.15, 0.2) is 68.4 Å². The molecule has 0 radical (unpaired) electrons. The Balaban J connectivity index is 1.80. The number of phenols is 1. The zero-order valence-corrected chi connectivity index (χ0v) is 15.6. The van der Waals surface area contributed by atoms with Gasteiger partial charge in [0.2, 0.25) is 4.80 Å². The van der Waals surface area contributed by atoms with Crippen LogP contribution in [0, 0.1) is 0 Å². The largest absolute Gasteiger partial charge is 0.507 e. The number of aromatic nitrogens is 1. The molecule has 2 aromatic heterocycles. The third kappa shape index (κ3) is 3.24. The second kappa shape index (κ2) is 7.13. The van der Waals surface area contributed by atoms with Gasteiger partial charge in [-0.1, -0.05) is 18.2 Å². The van der Waals surface area contributed by atoms with Gasteiger partial charge in [-0.15, -0.1) is 11.3 Å². The van der Waals surface area contributed by atoms with Gasteiger partial charge in [0.05, 0.1) is 13.3 Å². The molecule has 0 fully saturated rings. The molecule has 0 saturated carbocycles. The Morgan fingerprint density at radius 1 is 1.19 bits per heavy atom. The summed E-state index contributed by atoms with van der Waals surface area (Å²) in [5.41, 5.74) is 2.15. The minimum Gasteiger partial charge on any atom is -0.507 e. The van der Waals surface area contributed by atoms with Crippen molar-refractivity contribution < 1.29 is 14.3 Å². The fraction of sp³-hybridized carbons (Fsp3) is 0.100. The quantitative estimate of drug-likeness (QED) is 0.543. The van der Waals surface area contributed by atoms with Crippen molar-refractivity contribution in [1.29, 1.82) is 0 Å². The molecule has 136 valence electrons.